The molecular formula is C7H14N2O2. The van der Waals surface area contributed by atoms with Gasteiger partial charge >= 0.3 is 0 Å². The Kier molecular flexibility index (Phi) is 4.45. The van der Waals surface area contributed by atoms with Gasteiger partial charge < -0.3 is 15.8 Å². The molecule has 4 nitrogen and oxygen atoms in total. The van der Waals surface area contributed by atoms with Gasteiger partial charge in [0, 0.05) is 0 Å². The molecule has 0 radical (unpaired) electrons. The number of aldehydes is 1. The molecule has 0 heterocycles. The van der Waals surface area contributed by atoms with E-state index in [1.807, 2.05) is 13.8 Å². The molecule has 1 atom stereocenters. The van der Waals surface area contributed by atoms with Crippen LogP contribution in [0.15, 0.2) is 0 Å². The maximum Gasteiger partial charge on any atom is 0.234 e. The lowest BCUT2D eigenvalue weighted by Crippen LogP contribution is -2.42. The lowest BCUT2D eigenvalue weighted by atomic mass is 10.1. The summed E-state index contributed by atoms with van der Waals surface area (Å²) in [6, 6.07) is -0.411. The van der Waals surface area contributed by atoms with Crippen LogP contribution in [0, 0.1) is 5.92 Å². The van der Waals surface area contributed by atoms with E-state index in [4.69, 9.17) is 5.73 Å². The first kappa shape index (κ1) is 10.1. The Morgan fingerprint density at radius 2 is 2.18 bits per heavy atom. The van der Waals surface area contributed by atoms with Crippen LogP contribution < -0.4 is 11.1 Å². The van der Waals surface area contributed by atoms with Gasteiger partial charge in [-0.1, -0.05) is 13.8 Å². The smallest absolute Gasteiger partial charge is 0.234 e. The summed E-state index contributed by atoms with van der Waals surface area (Å²) < 4.78 is 0. The van der Waals surface area contributed by atoms with Gasteiger partial charge in [-0.3, -0.25) is 4.79 Å². The third kappa shape index (κ3) is 3.72. The summed E-state index contributed by atoms with van der Waals surface area (Å²) in [5, 5.41) is 2.48. The van der Waals surface area contributed by atoms with Crippen molar-refractivity contribution in [1.29, 1.82) is 0 Å². The molecule has 0 aromatic heterocycles. The molecule has 11 heavy (non-hydrogen) atoms. The summed E-state index contributed by atoms with van der Waals surface area (Å²) in [5.41, 5.74) is 5.05. The Morgan fingerprint density at radius 1 is 1.64 bits per heavy atom. The predicted octanol–water partition coefficient (Wildman–Crippen LogP) is -0.715. The Balaban J connectivity index is 3.87. The summed E-state index contributed by atoms with van der Waals surface area (Å²) in [7, 11) is 0. The fraction of sp³-hybridized carbons (Fsp3) is 0.714. The zero-order chi connectivity index (χ0) is 8.85. The van der Waals surface area contributed by atoms with Gasteiger partial charge in [0.2, 0.25) is 5.91 Å². The molecule has 0 aliphatic rings. The van der Waals surface area contributed by atoms with Crippen LogP contribution in [0.25, 0.3) is 0 Å². The number of nitrogens with two attached hydrogens (primary N) is 1. The lowest BCUT2D eigenvalue weighted by Gasteiger charge is -2.14. The van der Waals surface area contributed by atoms with Gasteiger partial charge in [-0.05, 0) is 5.92 Å². The highest BCUT2D eigenvalue weighted by Gasteiger charge is 2.13. The molecule has 0 aromatic carbocycles. The molecule has 4 heteroatoms. The van der Waals surface area contributed by atoms with E-state index in [0.717, 1.165) is 6.29 Å². The van der Waals surface area contributed by atoms with E-state index < -0.39 is 6.04 Å². The van der Waals surface area contributed by atoms with Gasteiger partial charge in [-0.15, -0.1) is 0 Å². The standard InChI is InChI=1S/C7H14N2O2/c1-5(2)6(4-10)9-7(11)3-8/h4-6H,3,8H2,1-2H3,(H,9,11)/t6-/m1/s1. The van der Waals surface area contributed by atoms with E-state index in [0.29, 0.717) is 0 Å². The maximum atomic E-state index is 10.7. The van der Waals surface area contributed by atoms with Crippen LogP contribution in [0.1, 0.15) is 13.8 Å². The van der Waals surface area contributed by atoms with Gasteiger partial charge in [0.05, 0.1) is 12.6 Å². The average Bonchev–Trinajstić information content (AvgIpc) is 1.99. The van der Waals surface area contributed by atoms with Gasteiger partial charge in [-0.2, -0.15) is 0 Å². The third-order valence-corrected chi connectivity index (χ3v) is 1.38. The van der Waals surface area contributed by atoms with Crippen LogP contribution in [0.5, 0.6) is 0 Å². The normalized spacial score (nSPS) is 12.7. The first-order valence-corrected chi connectivity index (χ1v) is 3.56. The predicted molar refractivity (Wildman–Crippen MR) is 41.9 cm³/mol. The SMILES string of the molecule is CC(C)[C@@H](C=O)NC(=O)CN. The van der Waals surface area contributed by atoms with Crippen molar-refractivity contribution in [3.8, 4) is 0 Å². The van der Waals surface area contributed by atoms with Crippen LogP contribution in [0.3, 0.4) is 0 Å². The minimum absolute atomic E-state index is 0.0724. The molecule has 0 aromatic rings. The van der Waals surface area contributed by atoms with E-state index in [-0.39, 0.29) is 18.4 Å². The van der Waals surface area contributed by atoms with Crippen LogP contribution in [-0.2, 0) is 9.59 Å². The molecule has 3 N–H and O–H groups in total. The zero-order valence-electron chi connectivity index (χ0n) is 6.83. The average molecular weight is 158 g/mol. The molecular weight excluding hydrogens is 144 g/mol. The highest BCUT2D eigenvalue weighted by atomic mass is 16.2. The van der Waals surface area contributed by atoms with Crippen molar-refractivity contribution in [1.82, 2.24) is 5.32 Å². The van der Waals surface area contributed by atoms with E-state index in [1.165, 1.54) is 0 Å². The van der Waals surface area contributed by atoms with Crippen molar-refractivity contribution in [3.63, 3.8) is 0 Å². The first-order valence-electron chi connectivity index (χ1n) is 3.56. The van der Waals surface area contributed by atoms with E-state index in [1.54, 1.807) is 0 Å². The minimum atomic E-state index is -0.411. The molecule has 0 fully saturated rings. The summed E-state index contributed by atoms with van der Waals surface area (Å²) in [6.45, 7) is 3.64. The second-order valence-corrected chi connectivity index (χ2v) is 2.68. The number of carbonyl (C=O) groups is 2. The molecule has 0 saturated heterocycles. The molecule has 0 aliphatic heterocycles. The number of amides is 1. The minimum Gasteiger partial charge on any atom is -0.345 e. The second kappa shape index (κ2) is 4.85. The molecule has 0 aliphatic carbocycles. The maximum absolute atomic E-state index is 10.7. The highest BCUT2D eigenvalue weighted by molar-refractivity contribution is 5.81. The molecule has 0 spiro atoms. The topological polar surface area (TPSA) is 72.2 Å². The number of nitrogens with one attached hydrogen (secondary N) is 1. The van der Waals surface area contributed by atoms with Crippen molar-refractivity contribution >= 4 is 12.2 Å². The van der Waals surface area contributed by atoms with Crippen molar-refractivity contribution < 1.29 is 9.59 Å². The van der Waals surface area contributed by atoms with Crippen molar-refractivity contribution in [2.24, 2.45) is 11.7 Å². The Morgan fingerprint density at radius 3 is 2.45 bits per heavy atom. The van der Waals surface area contributed by atoms with Gasteiger partial charge in [0.15, 0.2) is 0 Å². The Hall–Kier alpha value is -0.900. The van der Waals surface area contributed by atoms with Crippen LogP contribution in [-0.4, -0.2) is 24.8 Å². The number of hydrogen-bond donors (Lipinski definition) is 2. The quantitative estimate of drug-likeness (QED) is 0.530. The molecule has 1 amide bonds. The molecule has 0 saturated carbocycles. The van der Waals surface area contributed by atoms with Crippen LogP contribution in [0.2, 0.25) is 0 Å². The number of rotatable bonds is 4. The number of hydrogen-bond acceptors (Lipinski definition) is 3. The largest absolute Gasteiger partial charge is 0.345 e. The van der Waals surface area contributed by atoms with E-state index >= 15 is 0 Å². The third-order valence-electron chi connectivity index (χ3n) is 1.38. The van der Waals surface area contributed by atoms with Gasteiger partial charge in [0.1, 0.15) is 6.29 Å². The fourth-order valence-electron chi connectivity index (χ4n) is 0.603. The summed E-state index contributed by atoms with van der Waals surface area (Å²) in [6.07, 6.45) is 0.720. The van der Waals surface area contributed by atoms with Gasteiger partial charge in [-0.25, -0.2) is 0 Å². The fourth-order valence-corrected chi connectivity index (χ4v) is 0.603. The van der Waals surface area contributed by atoms with Crippen molar-refractivity contribution in [2.45, 2.75) is 19.9 Å². The number of carbonyl (C=O) groups excluding carboxylic acids is 2. The van der Waals surface area contributed by atoms with Crippen LogP contribution >= 0.6 is 0 Å². The molecule has 0 rings (SSSR count). The summed E-state index contributed by atoms with van der Waals surface area (Å²) >= 11 is 0. The van der Waals surface area contributed by atoms with E-state index in [2.05, 4.69) is 5.32 Å². The molecule has 0 unspecified atom stereocenters. The van der Waals surface area contributed by atoms with Crippen LogP contribution in [0.4, 0.5) is 0 Å². The summed E-state index contributed by atoms with van der Waals surface area (Å²) in [5.74, 6) is -0.182. The van der Waals surface area contributed by atoms with Crippen molar-refractivity contribution in [2.75, 3.05) is 6.54 Å². The van der Waals surface area contributed by atoms with E-state index in [9.17, 15) is 9.59 Å². The van der Waals surface area contributed by atoms with Crippen molar-refractivity contribution in [3.05, 3.63) is 0 Å². The Bertz CT molecular complexity index is 145. The lowest BCUT2D eigenvalue weighted by molar-refractivity contribution is -0.123. The van der Waals surface area contributed by atoms with Gasteiger partial charge in [0.25, 0.3) is 0 Å². The first-order chi connectivity index (χ1) is 5.11. The zero-order valence-corrected chi connectivity index (χ0v) is 6.83. The highest BCUT2D eigenvalue weighted by Crippen LogP contribution is 1.97. The summed E-state index contributed by atoms with van der Waals surface area (Å²) in [4.78, 5) is 21.0. The Labute approximate surface area is 66.1 Å². The molecule has 64 valence electrons. The molecule has 0 bridgehead atoms. The monoisotopic (exact) mass is 158 g/mol. The second-order valence-electron chi connectivity index (χ2n) is 2.68.